The van der Waals surface area contributed by atoms with E-state index in [0.29, 0.717) is 11.8 Å². The minimum atomic E-state index is -0.0201. The SMILES string of the molecule is O=C(CSc1nnnn1C1CC1)Nc1ccc2c(c1)CCC2. The maximum absolute atomic E-state index is 12.1. The molecule has 0 unspecified atom stereocenters. The normalized spacial score (nSPS) is 16.5. The van der Waals surface area contributed by atoms with Crippen LogP contribution in [0.3, 0.4) is 0 Å². The van der Waals surface area contributed by atoms with Crippen LogP contribution in [0.5, 0.6) is 0 Å². The average Bonchev–Trinajstić information content (AvgIpc) is 3.08. The van der Waals surface area contributed by atoms with Crippen LogP contribution in [0.15, 0.2) is 23.4 Å². The van der Waals surface area contributed by atoms with Crippen LogP contribution in [0, 0.1) is 0 Å². The number of rotatable bonds is 5. The van der Waals surface area contributed by atoms with E-state index in [2.05, 4.69) is 33.0 Å². The van der Waals surface area contributed by atoms with Crippen molar-refractivity contribution in [3.05, 3.63) is 29.3 Å². The van der Waals surface area contributed by atoms with Crippen molar-refractivity contribution in [3.63, 3.8) is 0 Å². The predicted octanol–water partition coefficient (Wildman–Crippen LogP) is 2.23. The maximum atomic E-state index is 12.1. The summed E-state index contributed by atoms with van der Waals surface area (Å²) in [5.41, 5.74) is 3.66. The molecule has 6 nitrogen and oxygen atoms in total. The molecule has 1 fully saturated rings. The van der Waals surface area contributed by atoms with E-state index in [1.807, 2.05) is 10.7 Å². The number of tetrazole rings is 1. The number of hydrogen-bond donors (Lipinski definition) is 1. The zero-order valence-corrected chi connectivity index (χ0v) is 13.0. The fourth-order valence-corrected chi connectivity index (χ4v) is 3.55. The highest BCUT2D eigenvalue weighted by molar-refractivity contribution is 7.99. The molecule has 2 aliphatic carbocycles. The zero-order chi connectivity index (χ0) is 14.9. The van der Waals surface area contributed by atoms with Crippen molar-refractivity contribution >= 4 is 23.4 Å². The van der Waals surface area contributed by atoms with Crippen molar-refractivity contribution in [2.24, 2.45) is 0 Å². The largest absolute Gasteiger partial charge is 0.325 e. The van der Waals surface area contributed by atoms with Crippen molar-refractivity contribution in [2.75, 3.05) is 11.1 Å². The monoisotopic (exact) mass is 315 g/mol. The van der Waals surface area contributed by atoms with Gasteiger partial charge < -0.3 is 5.32 Å². The smallest absolute Gasteiger partial charge is 0.234 e. The molecule has 1 aromatic heterocycles. The molecule has 114 valence electrons. The Bertz CT molecular complexity index is 710. The Hall–Kier alpha value is -1.89. The summed E-state index contributed by atoms with van der Waals surface area (Å²) in [5.74, 6) is 0.303. The maximum Gasteiger partial charge on any atom is 0.234 e. The molecule has 0 radical (unpaired) electrons. The molecular formula is C15H17N5OS. The van der Waals surface area contributed by atoms with E-state index in [0.717, 1.165) is 36.5 Å². The summed E-state index contributed by atoms with van der Waals surface area (Å²) < 4.78 is 1.83. The number of aromatic nitrogens is 4. The summed E-state index contributed by atoms with van der Waals surface area (Å²) in [6.07, 6.45) is 5.74. The lowest BCUT2D eigenvalue weighted by atomic mass is 10.1. The number of nitrogens with one attached hydrogen (secondary N) is 1. The van der Waals surface area contributed by atoms with Gasteiger partial charge in [0.2, 0.25) is 11.1 Å². The van der Waals surface area contributed by atoms with Crippen LogP contribution in [-0.2, 0) is 17.6 Å². The molecule has 0 spiro atoms. The minimum absolute atomic E-state index is 0.0201. The standard InChI is InChI=1S/C15H17N5OS/c21-14(9-22-15-17-18-19-20(15)13-6-7-13)16-12-5-4-10-2-1-3-11(10)8-12/h4-5,8,13H,1-3,6-7,9H2,(H,16,21). The molecule has 0 aliphatic heterocycles. The summed E-state index contributed by atoms with van der Waals surface area (Å²) in [6, 6.07) is 6.64. The van der Waals surface area contributed by atoms with Gasteiger partial charge in [-0.05, 0) is 65.8 Å². The van der Waals surface area contributed by atoms with Crippen LogP contribution in [-0.4, -0.2) is 31.9 Å². The van der Waals surface area contributed by atoms with Crippen molar-refractivity contribution in [1.82, 2.24) is 20.2 Å². The third-order valence-electron chi connectivity index (χ3n) is 4.07. The topological polar surface area (TPSA) is 72.7 Å². The van der Waals surface area contributed by atoms with E-state index in [4.69, 9.17) is 0 Å². The van der Waals surface area contributed by atoms with Crippen molar-refractivity contribution in [1.29, 1.82) is 0 Å². The number of thioether (sulfide) groups is 1. The van der Waals surface area contributed by atoms with Crippen LogP contribution in [0.25, 0.3) is 0 Å². The fraction of sp³-hybridized carbons (Fsp3) is 0.467. The number of hydrogen-bond acceptors (Lipinski definition) is 5. The Morgan fingerprint density at radius 3 is 3.05 bits per heavy atom. The van der Waals surface area contributed by atoms with Crippen molar-refractivity contribution in [2.45, 2.75) is 43.3 Å². The lowest BCUT2D eigenvalue weighted by molar-refractivity contribution is -0.113. The molecule has 2 aliphatic rings. The second-order valence-corrected chi connectivity index (χ2v) is 6.75. The average molecular weight is 315 g/mol. The molecule has 22 heavy (non-hydrogen) atoms. The summed E-state index contributed by atoms with van der Waals surface area (Å²) in [4.78, 5) is 12.1. The van der Waals surface area contributed by atoms with Crippen LogP contribution in [0.4, 0.5) is 5.69 Å². The first kappa shape index (κ1) is 13.8. The molecule has 2 aromatic rings. The van der Waals surface area contributed by atoms with Gasteiger partial charge in [0.25, 0.3) is 0 Å². The second kappa shape index (κ2) is 5.72. The molecule has 0 saturated heterocycles. The molecule has 1 amide bonds. The molecule has 1 aromatic carbocycles. The molecule has 7 heteroatoms. The predicted molar refractivity (Wildman–Crippen MR) is 83.9 cm³/mol. The second-order valence-electron chi connectivity index (χ2n) is 5.81. The van der Waals surface area contributed by atoms with Crippen LogP contribution in [0.2, 0.25) is 0 Å². The lowest BCUT2D eigenvalue weighted by Gasteiger charge is -2.07. The first-order valence-electron chi connectivity index (χ1n) is 7.62. The number of carbonyl (C=O) groups excluding carboxylic acids is 1. The molecule has 1 N–H and O–H groups in total. The quantitative estimate of drug-likeness (QED) is 0.857. The van der Waals surface area contributed by atoms with Gasteiger partial charge in [0, 0.05) is 5.69 Å². The molecule has 1 heterocycles. The third kappa shape index (κ3) is 2.85. The number of carbonyl (C=O) groups is 1. The summed E-state index contributed by atoms with van der Waals surface area (Å²) in [7, 11) is 0. The van der Waals surface area contributed by atoms with Gasteiger partial charge in [-0.25, -0.2) is 4.68 Å². The summed E-state index contributed by atoms with van der Waals surface area (Å²) >= 11 is 1.39. The van der Waals surface area contributed by atoms with Gasteiger partial charge in [-0.1, -0.05) is 17.8 Å². The van der Waals surface area contributed by atoms with Crippen molar-refractivity contribution in [3.8, 4) is 0 Å². The van der Waals surface area contributed by atoms with Gasteiger partial charge in [0.15, 0.2) is 0 Å². The highest BCUT2D eigenvalue weighted by Gasteiger charge is 2.28. The van der Waals surface area contributed by atoms with E-state index in [-0.39, 0.29) is 5.91 Å². The van der Waals surface area contributed by atoms with Gasteiger partial charge in [0.05, 0.1) is 11.8 Å². The Morgan fingerprint density at radius 1 is 1.32 bits per heavy atom. The zero-order valence-electron chi connectivity index (χ0n) is 12.2. The van der Waals surface area contributed by atoms with Crippen LogP contribution >= 0.6 is 11.8 Å². The van der Waals surface area contributed by atoms with Crippen LogP contribution in [0.1, 0.15) is 36.4 Å². The van der Waals surface area contributed by atoms with Gasteiger partial charge >= 0.3 is 0 Å². The van der Waals surface area contributed by atoms with E-state index < -0.39 is 0 Å². The molecular weight excluding hydrogens is 298 g/mol. The van der Waals surface area contributed by atoms with E-state index in [1.54, 1.807) is 0 Å². The number of anilines is 1. The Labute approximate surface area is 132 Å². The molecule has 0 bridgehead atoms. The highest BCUT2D eigenvalue weighted by Crippen LogP contribution is 2.36. The number of amides is 1. The first-order chi connectivity index (χ1) is 10.8. The van der Waals surface area contributed by atoms with Gasteiger partial charge in [0.1, 0.15) is 0 Å². The Morgan fingerprint density at radius 2 is 2.18 bits per heavy atom. The summed E-state index contributed by atoms with van der Waals surface area (Å²) in [5, 5.41) is 15.4. The molecule has 4 rings (SSSR count). The van der Waals surface area contributed by atoms with E-state index >= 15 is 0 Å². The molecule has 0 atom stereocenters. The third-order valence-corrected chi connectivity index (χ3v) is 5.00. The molecule has 1 saturated carbocycles. The van der Waals surface area contributed by atoms with Gasteiger partial charge in [-0.3, -0.25) is 4.79 Å². The number of aryl methyl sites for hydroxylation is 2. The highest BCUT2D eigenvalue weighted by atomic mass is 32.2. The number of benzene rings is 1. The fourth-order valence-electron chi connectivity index (χ4n) is 2.81. The van der Waals surface area contributed by atoms with Crippen LogP contribution < -0.4 is 5.32 Å². The Balaban J connectivity index is 1.35. The van der Waals surface area contributed by atoms with Gasteiger partial charge in [-0.15, -0.1) is 5.10 Å². The summed E-state index contributed by atoms with van der Waals surface area (Å²) in [6.45, 7) is 0. The van der Waals surface area contributed by atoms with Gasteiger partial charge in [-0.2, -0.15) is 0 Å². The van der Waals surface area contributed by atoms with E-state index in [9.17, 15) is 4.79 Å². The number of nitrogens with zero attached hydrogens (tertiary/aromatic N) is 4. The Kier molecular flexibility index (Phi) is 3.57. The number of fused-ring (bicyclic) bond motifs is 1. The lowest BCUT2D eigenvalue weighted by Crippen LogP contribution is -2.14. The first-order valence-corrected chi connectivity index (χ1v) is 8.60. The van der Waals surface area contributed by atoms with E-state index in [1.165, 1.54) is 29.3 Å². The minimum Gasteiger partial charge on any atom is -0.325 e. The van der Waals surface area contributed by atoms with Crippen molar-refractivity contribution < 1.29 is 4.79 Å².